The Morgan fingerprint density at radius 1 is 0.915 bits per heavy atom. The molecule has 0 fully saturated rings. The number of anilines is 1. The third-order valence-corrected chi connectivity index (χ3v) is 6.95. The maximum absolute atomic E-state index is 15.2. The van der Waals surface area contributed by atoms with Crippen LogP contribution in [0.15, 0.2) is 65.6 Å². The first kappa shape index (κ1) is 32.4. The van der Waals surface area contributed by atoms with E-state index in [1.165, 1.54) is 39.3 Å². The highest BCUT2D eigenvalue weighted by Crippen LogP contribution is 2.39. The van der Waals surface area contributed by atoms with E-state index in [0.29, 0.717) is 17.9 Å². The monoisotopic (exact) mass is 654 g/mol. The van der Waals surface area contributed by atoms with Crippen LogP contribution in [-0.4, -0.2) is 29.7 Å². The van der Waals surface area contributed by atoms with Crippen molar-refractivity contribution in [3.8, 4) is 34.8 Å². The van der Waals surface area contributed by atoms with Crippen molar-refractivity contribution in [2.45, 2.75) is 13.1 Å². The van der Waals surface area contributed by atoms with Crippen LogP contribution >= 0.6 is 0 Å². The van der Waals surface area contributed by atoms with Crippen molar-refractivity contribution in [2.75, 3.05) is 19.5 Å². The molecular weight excluding hydrogens is 634 g/mol. The quantitative estimate of drug-likeness (QED) is 0.187. The van der Waals surface area contributed by atoms with E-state index in [1.54, 1.807) is 0 Å². The van der Waals surface area contributed by atoms with Crippen LogP contribution in [-0.2, 0) is 6.18 Å². The fraction of sp³-hybridized carbons (Fsp3) is 0.125. The van der Waals surface area contributed by atoms with Crippen molar-refractivity contribution in [2.24, 2.45) is 0 Å². The van der Waals surface area contributed by atoms with Gasteiger partial charge in [0.25, 0.3) is 11.5 Å². The standard InChI is InChI=1S/C32H20F6N4O5/c1-15-8-20(33)16(13-39)9-24(15)42-28(32(36,37)38)7-5-18(31(42)44)30(43)41-17-4-6-25(21(34)10-17)47-29-19-11-26(45-2)27(46-3)12-23(19)40-14-22(29)35/h4-12,14H,1-3H3,(H,41,43). The highest BCUT2D eigenvalue weighted by Gasteiger charge is 2.36. The van der Waals surface area contributed by atoms with Crippen LogP contribution in [0.1, 0.15) is 27.2 Å². The number of amides is 1. The number of aromatic nitrogens is 2. The Morgan fingerprint density at radius 3 is 2.26 bits per heavy atom. The summed E-state index contributed by atoms with van der Waals surface area (Å²) in [7, 11) is 2.75. The second-order valence-electron chi connectivity index (χ2n) is 9.86. The summed E-state index contributed by atoms with van der Waals surface area (Å²) in [5.74, 6) is -4.58. The number of hydrogen-bond donors (Lipinski definition) is 1. The van der Waals surface area contributed by atoms with E-state index >= 15 is 4.39 Å². The fourth-order valence-electron chi connectivity index (χ4n) is 4.70. The first-order valence-electron chi connectivity index (χ1n) is 13.3. The van der Waals surface area contributed by atoms with Gasteiger partial charge in [-0.25, -0.2) is 13.2 Å². The summed E-state index contributed by atoms with van der Waals surface area (Å²) < 4.78 is 102. The smallest absolute Gasteiger partial charge is 0.431 e. The second kappa shape index (κ2) is 12.4. The summed E-state index contributed by atoms with van der Waals surface area (Å²) >= 11 is 0. The highest BCUT2D eigenvalue weighted by molar-refractivity contribution is 6.04. The molecule has 15 heteroatoms. The van der Waals surface area contributed by atoms with Crippen LogP contribution in [0.2, 0.25) is 0 Å². The molecule has 0 radical (unpaired) electrons. The van der Waals surface area contributed by atoms with Gasteiger partial charge in [-0.1, -0.05) is 0 Å². The van der Waals surface area contributed by atoms with Crippen LogP contribution in [0.5, 0.6) is 23.0 Å². The molecule has 1 N–H and O–H groups in total. The van der Waals surface area contributed by atoms with Gasteiger partial charge in [-0.05, 0) is 55.0 Å². The number of carbonyl (C=O) groups excluding carboxylic acids is 1. The van der Waals surface area contributed by atoms with Gasteiger partial charge in [0, 0.05) is 23.2 Å². The number of pyridine rings is 2. The molecule has 0 atom stereocenters. The minimum atomic E-state index is -5.09. The molecule has 0 spiro atoms. The third-order valence-electron chi connectivity index (χ3n) is 6.95. The van der Waals surface area contributed by atoms with Crippen molar-refractivity contribution < 1.29 is 45.3 Å². The van der Waals surface area contributed by atoms with E-state index in [4.69, 9.17) is 14.2 Å². The molecule has 1 amide bonds. The lowest BCUT2D eigenvalue weighted by molar-refractivity contribution is -0.142. The third kappa shape index (κ3) is 6.12. The molecule has 47 heavy (non-hydrogen) atoms. The number of fused-ring (bicyclic) bond motifs is 1. The minimum Gasteiger partial charge on any atom is -0.493 e. The van der Waals surface area contributed by atoms with Gasteiger partial charge in [0.2, 0.25) is 0 Å². The maximum Gasteiger partial charge on any atom is 0.431 e. The van der Waals surface area contributed by atoms with Crippen LogP contribution in [0, 0.1) is 35.7 Å². The number of ether oxygens (including phenoxy) is 3. The topological polar surface area (TPSA) is 115 Å². The van der Waals surface area contributed by atoms with Crippen molar-refractivity contribution >= 4 is 22.5 Å². The van der Waals surface area contributed by atoms with E-state index in [-0.39, 0.29) is 32.5 Å². The Kier molecular flexibility index (Phi) is 8.53. The van der Waals surface area contributed by atoms with Gasteiger partial charge in [0.1, 0.15) is 23.1 Å². The van der Waals surface area contributed by atoms with Crippen molar-refractivity contribution in [3.63, 3.8) is 0 Å². The molecule has 0 aliphatic heterocycles. The van der Waals surface area contributed by atoms with Gasteiger partial charge in [-0.3, -0.25) is 19.1 Å². The zero-order valence-electron chi connectivity index (χ0n) is 24.4. The Morgan fingerprint density at radius 2 is 1.62 bits per heavy atom. The molecule has 0 saturated heterocycles. The minimum absolute atomic E-state index is 0.122. The first-order chi connectivity index (χ1) is 22.3. The number of rotatable bonds is 7. The van der Waals surface area contributed by atoms with Crippen LogP contribution in [0.4, 0.5) is 32.0 Å². The average Bonchev–Trinajstić information content (AvgIpc) is 3.02. The number of alkyl halides is 3. The zero-order valence-corrected chi connectivity index (χ0v) is 24.4. The number of hydrogen-bond acceptors (Lipinski definition) is 7. The van der Waals surface area contributed by atoms with E-state index in [2.05, 4.69) is 10.3 Å². The van der Waals surface area contributed by atoms with Crippen molar-refractivity contribution in [3.05, 3.63) is 111 Å². The number of nitrogens with zero attached hydrogens (tertiary/aromatic N) is 3. The molecule has 0 aliphatic rings. The molecule has 0 bridgehead atoms. The van der Waals surface area contributed by atoms with Gasteiger partial charge in [-0.2, -0.15) is 18.4 Å². The molecule has 0 aliphatic carbocycles. The number of benzene rings is 3. The predicted molar refractivity (Wildman–Crippen MR) is 156 cm³/mol. The van der Waals surface area contributed by atoms with Crippen LogP contribution in [0.25, 0.3) is 16.6 Å². The van der Waals surface area contributed by atoms with Gasteiger partial charge < -0.3 is 19.5 Å². The molecule has 3 aromatic carbocycles. The van der Waals surface area contributed by atoms with E-state index in [1.807, 2.05) is 0 Å². The SMILES string of the molecule is COc1cc2ncc(F)c(Oc3ccc(NC(=O)c4ccc(C(F)(F)F)n(-c5cc(C#N)c(F)cc5C)c4=O)cc3F)c2cc1OC. The van der Waals surface area contributed by atoms with Crippen molar-refractivity contribution in [1.82, 2.24) is 9.55 Å². The van der Waals surface area contributed by atoms with Gasteiger partial charge in [0.15, 0.2) is 34.6 Å². The zero-order chi connectivity index (χ0) is 34.2. The molecule has 2 heterocycles. The second-order valence-corrected chi connectivity index (χ2v) is 9.86. The molecule has 9 nitrogen and oxygen atoms in total. The van der Waals surface area contributed by atoms with Crippen molar-refractivity contribution in [1.29, 1.82) is 5.26 Å². The number of methoxy groups -OCH3 is 2. The van der Waals surface area contributed by atoms with E-state index in [0.717, 1.165) is 36.5 Å². The Bertz CT molecular complexity index is 2180. The lowest BCUT2D eigenvalue weighted by atomic mass is 10.1. The van der Waals surface area contributed by atoms with E-state index in [9.17, 15) is 36.8 Å². The molecule has 0 saturated carbocycles. The van der Waals surface area contributed by atoms with E-state index < -0.39 is 69.1 Å². The molecular formula is C32H20F6N4O5. The molecule has 2 aromatic heterocycles. The summed E-state index contributed by atoms with van der Waals surface area (Å²) in [6, 6.07) is 9.98. The number of halogens is 6. The van der Waals surface area contributed by atoms with Gasteiger partial charge in [0.05, 0.1) is 37.2 Å². The maximum atomic E-state index is 15.2. The first-order valence-corrected chi connectivity index (χ1v) is 13.3. The number of nitriles is 1. The molecule has 5 rings (SSSR count). The summed E-state index contributed by atoms with van der Waals surface area (Å²) in [5, 5.41) is 11.5. The fourth-order valence-corrected chi connectivity index (χ4v) is 4.70. The van der Waals surface area contributed by atoms with Crippen LogP contribution < -0.4 is 25.1 Å². The normalized spacial score (nSPS) is 11.2. The van der Waals surface area contributed by atoms with Gasteiger partial charge >= 0.3 is 6.18 Å². The summed E-state index contributed by atoms with van der Waals surface area (Å²) in [6.07, 6.45) is -4.22. The number of nitrogens with one attached hydrogen (secondary N) is 1. The summed E-state index contributed by atoms with van der Waals surface area (Å²) in [4.78, 5) is 30.4. The molecule has 5 aromatic rings. The largest absolute Gasteiger partial charge is 0.493 e. The number of carbonyl (C=O) groups is 1. The summed E-state index contributed by atoms with van der Waals surface area (Å²) in [5.41, 5.74) is -4.94. The molecule has 0 unspecified atom stereocenters. The number of aryl methyl sites for hydroxylation is 1. The summed E-state index contributed by atoms with van der Waals surface area (Å²) in [6.45, 7) is 1.22. The Labute approximate surface area is 261 Å². The Balaban J connectivity index is 1.49. The average molecular weight is 655 g/mol. The highest BCUT2D eigenvalue weighted by atomic mass is 19.4. The lowest BCUT2D eigenvalue weighted by Gasteiger charge is -2.18. The molecule has 240 valence electrons. The Hall–Kier alpha value is -6.04. The van der Waals surface area contributed by atoms with Gasteiger partial charge in [-0.15, -0.1) is 0 Å². The van der Waals surface area contributed by atoms with Crippen LogP contribution in [0.3, 0.4) is 0 Å². The lowest BCUT2D eigenvalue weighted by Crippen LogP contribution is -2.33. The predicted octanol–water partition coefficient (Wildman–Crippen LogP) is 7.06.